The van der Waals surface area contributed by atoms with Crippen molar-refractivity contribution in [3.05, 3.63) is 29.8 Å². The fraction of sp³-hybridized carbons (Fsp3) is 0.364. The van der Waals surface area contributed by atoms with Crippen molar-refractivity contribution >= 4 is 11.5 Å². The third kappa shape index (κ3) is 1.88. The molecule has 1 N–H and O–H groups in total. The molecule has 0 unspecified atom stereocenters. The van der Waals surface area contributed by atoms with Gasteiger partial charge in [0.2, 0.25) is 0 Å². The van der Waals surface area contributed by atoms with Gasteiger partial charge in [-0.3, -0.25) is 9.78 Å². The molecule has 2 rings (SSSR count). The van der Waals surface area contributed by atoms with Gasteiger partial charge >= 0.3 is 5.97 Å². The lowest BCUT2D eigenvalue weighted by molar-refractivity contribution is -0.136. The Hall–Kier alpha value is -1.91. The molecule has 0 aromatic carbocycles. The molecule has 0 radical (unpaired) electrons. The van der Waals surface area contributed by atoms with E-state index in [-0.39, 0.29) is 6.42 Å². The molecule has 0 atom stereocenters. The quantitative estimate of drug-likeness (QED) is 0.849. The van der Waals surface area contributed by atoms with E-state index < -0.39 is 5.97 Å². The van der Waals surface area contributed by atoms with Gasteiger partial charge in [0.15, 0.2) is 0 Å². The van der Waals surface area contributed by atoms with Crippen molar-refractivity contribution in [2.24, 2.45) is 0 Å². The van der Waals surface area contributed by atoms with Crippen LogP contribution in [0.3, 0.4) is 0 Å². The Morgan fingerprint density at radius 3 is 2.94 bits per heavy atom. The first-order chi connectivity index (χ1) is 7.58. The number of fused-ring (bicyclic) bond motifs is 1. The summed E-state index contributed by atoms with van der Waals surface area (Å²) in [4.78, 5) is 14.8. The average Bonchev–Trinajstić information content (AvgIpc) is 2.61. The molecule has 0 saturated heterocycles. The van der Waals surface area contributed by atoms with Crippen LogP contribution in [0, 0.1) is 0 Å². The third-order valence-corrected chi connectivity index (χ3v) is 2.40. The normalized spacial score (nSPS) is 11.2. The molecule has 5 nitrogen and oxygen atoms in total. The monoisotopic (exact) mass is 219 g/mol. The highest BCUT2D eigenvalue weighted by Gasteiger charge is 2.11. The van der Waals surface area contributed by atoms with Gasteiger partial charge in [0.05, 0.1) is 23.3 Å². The first kappa shape index (κ1) is 10.6. The SMILES string of the molecule is CC(C)c1cc2c(CC(=O)O)nccn2n1. The van der Waals surface area contributed by atoms with Crippen LogP contribution in [0.5, 0.6) is 0 Å². The van der Waals surface area contributed by atoms with Crippen molar-refractivity contribution in [3.8, 4) is 0 Å². The summed E-state index contributed by atoms with van der Waals surface area (Å²) in [5.41, 5.74) is 2.27. The van der Waals surface area contributed by atoms with Gasteiger partial charge < -0.3 is 5.11 Å². The summed E-state index contributed by atoms with van der Waals surface area (Å²) in [7, 11) is 0. The zero-order valence-corrected chi connectivity index (χ0v) is 9.21. The first-order valence-corrected chi connectivity index (χ1v) is 5.13. The molecule has 0 bridgehead atoms. The van der Waals surface area contributed by atoms with Crippen LogP contribution in [0.2, 0.25) is 0 Å². The number of hydrogen-bond acceptors (Lipinski definition) is 3. The second-order valence-electron chi connectivity index (χ2n) is 4.00. The summed E-state index contributed by atoms with van der Waals surface area (Å²) in [6, 6.07) is 1.90. The predicted octanol–water partition coefficient (Wildman–Crippen LogP) is 1.48. The first-order valence-electron chi connectivity index (χ1n) is 5.13. The molecular weight excluding hydrogens is 206 g/mol. The predicted molar refractivity (Wildman–Crippen MR) is 58.4 cm³/mol. The van der Waals surface area contributed by atoms with E-state index in [1.54, 1.807) is 16.9 Å². The maximum atomic E-state index is 10.7. The van der Waals surface area contributed by atoms with E-state index >= 15 is 0 Å². The molecule has 2 aromatic heterocycles. The maximum absolute atomic E-state index is 10.7. The molecule has 0 amide bonds. The van der Waals surface area contributed by atoms with Crippen LogP contribution in [0.15, 0.2) is 18.5 Å². The van der Waals surface area contributed by atoms with E-state index in [2.05, 4.69) is 10.1 Å². The van der Waals surface area contributed by atoms with E-state index in [0.29, 0.717) is 11.6 Å². The van der Waals surface area contributed by atoms with E-state index in [1.807, 2.05) is 19.9 Å². The Labute approximate surface area is 92.7 Å². The Bertz CT molecular complexity index is 531. The number of nitrogens with zero attached hydrogens (tertiary/aromatic N) is 3. The van der Waals surface area contributed by atoms with Gasteiger partial charge in [-0.2, -0.15) is 5.10 Å². The fourth-order valence-electron chi connectivity index (χ4n) is 1.56. The molecule has 84 valence electrons. The van der Waals surface area contributed by atoms with Crippen LogP contribution in [0.4, 0.5) is 0 Å². The summed E-state index contributed by atoms with van der Waals surface area (Å²) in [5, 5.41) is 13.1. The van der Waals surface area contributed by atoms with Gasteiger partial charge in [0, 0.05) is 12.4 Å². The highest BCUT2D eigenvalue weighted by Crippen LogP contribution is 2.17. The average molecular weight is 219 g/mol. The molecule has 0 aliphatic heterocycles. The highest BCUT2D eigenvalue weighted by atomic mass is 16.4. The van der Waals surface area contributed by atoms with Crippen LogP contribution in [-0.4, -0.2) is 25.7 Å². The van der Waals surface area contributed by atoms with Crippen LogP contribution in [-0.2, 0) is 11.2 Å². The van der Waals surface area contributed by atoms with Crippen molar-refractivity contribution in [2.75, 3.05) is 0 Å². The number of carbonyl (C=O) groups is 1. The van der Waals surface area contributed by atoms with Gasteiger partial charge in [0.25, 0.3) is 0 Å². The van der Waals surface area contributed by atoms with Gasteiger partial charge in [-0.1, -0.05) is 13.8 Å². The lowest BCUT2D eigenvalue weighted by atomic mass is 10.1. The third-order valence-electron chi connectivity index (χ3n) is 2.40. The van der Waals surface area contributed by atoms with Crippen molar-refractivity contribution in [3.63, 3.8) is 0 Å². The number of aliphatic carboxylic acids is 1. The van der Waals surface area contributed by atoms with E-state index in [9.17, 15) is 4.79 Å². The largest absolute Gasteiger partial charge is 0.481 e. The topological polar surface area (TPSA) is 67.5 Å². The van der Waals surface area contributed by atoms with E-state index in [0.717, 1.165) is 11.2 Å². The van der Waals surface area contributed by atoms with Crippen LogP contribution in [0.1, 0.15) is 31.2 Å². The second-order valence-corrected chi connectivity index (χ2v) is 4.00. The second kappa shape index (κ2) is 3.92. The summed E-state index contributed by atoms with van der Waals surface area (Å²) < 4.78 is 1.68. The molecule has 16 heavy (non-hydrogen) atoms. The molecule has 5 heteroatoms. The number of aromatic nitrogens is 3. The Kier molecular flexibility index (Phi) is 2.60. The Morgan fingerprint density at radius 1 is 1.56 bits per heavy atom. The van der Waals surface area contributed by atoms with Crippen molar-refractivity contribution in [1.29, 1.82) is 0 Å². The smallest absolute Gasteiger partial charge is 0.309 e. The van der Waals surface area contributed by atoms with Gasteiger partial charge in [-0.15, -0.1) is 0 Å². The summed E-state index contributed by atoms with van der Waals surface area (Å²) in [5.74, 6) is -0.564. The zero-order chi connectivity index (χ0) is 11.7. The number of rotatable bonds is 3. The molecule has 2 aromatic rings. The minimum atomic E-state index is -0.882. The minimum Gasteiger partial charge on any atom is -0.481 e. The lowest BCUT2D eigenvalue weighted by Gasteiger charge is -1.98. The Morgan fingerprint density at radius 2 is 2.31 bits per heavy atom. The van der Waals surface area contributed by atoms with E-state index in [1.165, 1.54) is 0 Å². The molecular formula is C11H13N3O2. The van der Waals surface area contributed by atoms with Crippen molar-refractivity contribution < 1.29 is 9.90 Å². The number of hydrogen-bond donors (Lipinski definition) is 1. The van der Waals surface area contributed by atoms with Crippen LogP contribution in [0.25, 0.3) is 5.52 Å². The molecule has 2 heterocycles. The minimum absolute atomic E-state index is 0.0758. The molecule has 0 aliphatic rings. The molecule has 0 aliphatic carbocycles. The highest BCUT2D eigenvalue weighted by molar-refractivity contribution is 5.73. The van der Waals surface area contributed by atoms with Crippen molar-refractivity contribution in [2.45, 2.75) is 26.2 Å². The molecule has 0 fully saturated rings. The summed E-state index contributed by atoms with van der Waals surface area (Å²) in [6.07, 6.45) is 3.22. The summed E-state index contributed by atoms with van der Waals surface area (Å²) in [6.45, 7) is 4.10. The summed E-state index contributed by atoms with van der Waals surface area (Å²) >= 11 is 0. The van der Waals surface area contributed by atoms with Crippen molar-refractivity contribution in [1.82, 2.24) is 14.6 Å². The standard InChI is InChI=1S/C11H13N3O2/c1-7(2)8-5-10-9(6-11(15)16)12-3-4-14(10)13-8/h3-5,7H,6H2,1-2H3,(H,15,16). The number of carboxylic acids is 1. The van der Waals surface area contributed by atoms with Crippen LogP contribution >= 0.6 is 0 Å². The zero-order valence-electron chi connectivity index (χ0n) is 9.21. The molecule has 0 saturated carbocycles. The van der Waals surface area contributed by atoms with E-state index in [4.69, 9.17) is 5.11 Å². The van der Waals surface area contributed by atoms with Gasteiger partial charge in [-0.25, -0.2) is 4.52 Å². The maximum Gasteiger partial charge on any atom is 0.309 e. The molecule has 0 spiro atoms. The lowest BCUT2D eigenvalue weighted by Crippen LogP contribution is -2.04. The van der Waals surface area contributed by atoms with Gasteiger partial charge in [0.1, 0.15) is 0 Å². The fourth-order valence-corrected chi connectivity index (χ4v) is 1.56. The van der Waals surface area contributed by atoms with Gasteiger partial charge in [-0.05, 0) is 12.0 Å². The van der Waals surface area contributed by atoms with Crippen LogP contribution < -0.4 is 0 Å². The Balaban J connectivity index is 2.54. The number of carboxylic acid groups (broad SMARTS) is 1.